The molecule has 1 saturated carbocycles. The van der Waals surface area contributed by atoms with Crippen LogP contribution in [0.15, 0.2) is 0 Å². The molecule has 0 aromatic rings. The van der Waals surface area contributed by atoms with Crippen LogP contribution in [0.4, 0.5) is 0 Å². The van der Waals surface area contributed by atoms with Gasteiger partial charge in [-0.2, -0.15) is 0 Å². The number of hydrogen-bond donors (Lipinski definition) is 1. The largest absolute Gasteiger partial charge is 0.381 e. The molecular weight excluding hydrogens is 176 g/mol. The van der Waals surface area contributed by atoms with Crippen LogP contribution in [0.5, 0.6) is 0 Å². The zero-order valence-electron chi connectivity index (χ0n) is 9.11. The molecule has 1 unspecified atom stereocenters. The van der Waals surface area contributed by atoms with Crippen molar-refractivity contribution in [3.63, 3.8) is 0 Å². The summed E-state index contributed by atoms with van der Waals surface area (Å²) < 4.78 is 5.37. The van der Waals surface area contributed by atoms with Crippen LogP contribution in [0.1, 0.15) is 25.7 Å². The zero-order valence-corrected chi connectivity index (χ0v) is 9.11. The maximum Gasteiger partial charge on any atom is 0.0595 e. The van der Waals surface area contributed by atoms with Gasteiger partial charge in [0.2, 0.25) is 0 Å². The third-order valence-electron chi connectivity index (χ3n) is 3.69. The third kappa shape index (κ3) is 2.27. The molecule has 0 radical (unpaired) electrons. The molecule has 14 heavy (non-hydrogen) atoms. The molecule has 82 valence electrons. The lowest BCUT2D eigenvalue weighted by molar-refractivity contribution is 0.0250. The molecule has 0 amide bonds. The summed E-state index contributed by atoms with van der Waals surface area (Å²) in [6.07, 6.45) is 5.64. The number of nitrogens with two attached hydrogens (primary N) is 1. The molecule has 0 spiro atoms. The Hall–Kier alpha value is -0.120. The first kappa shape index (κ1) is 10.4. The Morgan fingerprint density at radius 2 is 1.93 bits per heavy atom. The maximum atomic E-state index is 5.84. The Balaban J connectivity index is 1.80. The van der Waals surface area contributed by atoms with Gasteiger partial charge in [-0.25, -0.2) is 0 Å². The SMILES string of the molecule is COC1CCN(C(CN)C2CC2)CC1. The van der Waals surface area contributed by atoms with E-state index in [-0.39, 0.29) is 0 Å². The van der Waals surface area contributed by atoms with Gasteiger partial charge in [-0.15, -0.1) is 0 Å². The molecule has 2 rings (SSSR count). The van der Waals surface area contributed by atoms with Crippen molar-refractivity contribution in [3.05, 3.63) is 0 Å². The van der Waals surface area contributed by atoms with Gasteiger partial charge in [-0.1, -0.05) is 0 Å². The standard InChI is InChI=1S/C11H22N2O/c1-14-10-4-6-13(7-5-10)11(8-12)9-2-3-9/h9-11H,2-8,12H2,1H3. The second kappa shape index (κ2) is 4.60. The van der Waals surface area contributed by atoms with Crippen molar-refractivity contribution < 1.29 is 4.74 Å². The second-order valence-electron chi connectivity index (χ2n) is 4.61. The van der Waals surface area contributed by atoms with Gasteiger partial charge in [0.1, 0.15) is 0 Å². The number of methoxy groups -OCH3 is 1. The lowest BCUT2D eigenvalue weighted by Crippen LogP contribution is -2.47. The molecule has 2 N–H and O–H groups in total. The highest BCUT2D eigenvalue weighted by Crippen LogP contribution is 2.35. The molecule has 0 aromatic carbocycles. The zero-order chi connectivity index (χ0) is 9.97. The van der Waals surface area contributed by atoms with Crippen molar-refractivity contribution in [1.82, 2.24) is 4.90 Å². The number of hydrogen-bond acceptors (Lipinski definition) is 3. The quantitative estimate of drug-likeness (QED) is 0.727. The van der Waals surface area contributed by atoms with Gasteiger partial charge in [-0.05, 0) is 31.6 Å². The smallest absolute Gasteiger partial charge is 0.0595 e. The maximum absolute atomic E-state index is 5.84. The molecular formula is C11H22N2O. The highest BCUT2D eigenvalue weighted by Gasteiger charge is 2.35. The number of piperidine rings is 1. The van der Waals surface area contributed by atoms with Gasteiger partial charge in [0.25, 0.3) is 0 Å². The topological polar surface area (TPSA) is 38.5 Å². The minimum Gasteiger partial charge on any atom is -0.381 e. The molecule has 3 heteroatoms. The number of nitrogens with zero attached hydrogens (tertiary/aromatic N) is 1. The fraction of sp³-hybridized carbons (Fsp3) is 1.00. The van der Waals surface area contributed by atoms with Crippen molar-refractivity contribution in [2.75, 3.05) is 26.7 Å². The molecule has 2 fully saturated rings. The van der Waals surface area contributed by atoms with Crippen molar-refractivity contribution in [2.24, 2.45) is 11.7 Å². The Bertz CT molecular complexity index is 174. The monoisotopic (exact) mass is 198 g/mol. The number of likely N-dealkylation sites (tertiary alicyclic amines) is 1. The Kier molecular flexibility index (Phi) is 3.42. The highest BCUT2D eigenvalue weighted by molar-refractivity contribution is 4.90. The minimum absolute atomic E-state index is 0.490. The van der Waals surface area contributed by atoms with Crippen LogP contribution in [0.2, 0.25) is 0 Å². The van der Waals surface area contributed by atoms with E-state index in [4.69, 9.17) is 10.5 Å². The third-order valence-corrected chi connectivity index (χ3v) is 3.69. The molecule has 1 aliphatic heterocycles. The highest BCUT2D eigenvalue weighted by atomic mass is 16.5. The van der Waals surface area contributed by atoms with Gasteiger partial charge in [-0.3, -0.25) is 4.90 Å². The summed E-state index contributed by atoms with van der Waals surface area (Å²) in [6, 6.07) is 0.660. The van der Waals surface area contributed by atoms with Crippen LogP contribution < -0.4 is 5.73 Å². The van der Waals surface area contributed by atoms with E-state index in [9.17, 15) is 0 Å². The van der Waals surface area contributed by atoms with E-state index < -0.39 is 0 Å². The summed E-state index contributed by atoms with van der Waals surface area (Å²) in [7, 11) is 1.82. The Morgan fingerprint density at radius 3 is 2.36 bits per heavy atom. The van der Waals surface area contributed by atoms with E-state index >= 15 is 0 Å². The van der Waals surface area contributed by atoms with Crippen LogP contribution in [0.25, 0.3) is 0 Å². The van der Waals surface area contributed by atoms with Gasteiger partial charge in [0.15, 0.2) is 0 Å². The van der Waals surface area contributed by atoms with E-state index in [1.807, 2.05) is 7.11 Å². The molecule has 1 heterocycles. The van der Waals surface area contributed by atoms with Crippen LogP contribution >= 0.6 is 0 Å². The van der Waals surface area contributed by atoms with Crippen LogP contribution in [-0.4, -0.2) is 43.8 Å². The Labute approximate surface area is 86.6 Å². The molecule has 1 atom stereocenters. The van der Waals surface area contributed by atoms with Crippen molar-refractivity contribution in [1.29, 1.82) is 0 Å². The van der Waals surface area contributed by atoms with Crippen LogP contribution in [0.3, 0.4) is 0 Å². The van der Waals surface area contributed by atoms with Gasteiger partial charge < -0.3 is 10.5 Å². The average Bonchev–Trinajstić information content (AvgIpc) is 3.04. The first-order valence-electron chi connectivity index (χ1n) is 5.82. The molecule has 0 bridgehead atoms. The average molecular weight is 198 g/mol. The fourth-order valence-corrected chi connectivity index (χ4v) is 2.56. The molecule has 1 aliphatic carbocycles. The molecule has 3 nitrogen and oxygen atoms in total. The Morgan fingerprint density at radius 1 is 1.29 bits per heavy atom. The molecule has 0 aromatic heterocycles. The van der Waals surface area contributed by atoms with Crippen molar-refractivity contribution in [3.8, 4) is 0 Å². The first-order valence-corrected chi connectivity index (χ1v) is 5.82. The van der Waals surface area contributed by atoms with E-state index in [0.717, 1.165) is 12.5 Å². The second-order valence-corrected chi connectivity index (χ2v) is 4.61. The van der Waals surface area contributed by atoms with Crippen molar-refractivity contribution in [2.45, 2.75) is 37.8 Å². The lowest BCUT2D eigenvalue weighted by Gasteiger charge is -2.36. The van der Waals surface area contributed by atoms with Crippen LogP contribution in [0, 0.1) is 5.92 Å². The molecule has 1 saturated heterocycles. The number of ether oxygens (including phenoxy) is 1. The van der Waals surface area contributed by atoms with E-state index in [1.54, 1.807) is 0 Å². The normalized spacial score (nSPS) is 27.9. The van der Waals surface area contributed by atoms with Gasteiger partial charge in [0, 0.05) is 32.8 Å². The fourth-order valence-electron chi connectivity index (χ4n) is 2.56. The summed E-state index contributed by atoms with van der Waals surface area (Å²) >= 11 is 0. The van der Waals surface area contributed by atoms with E-state index in [2.05, 4.69) is 4.90 Å². The number of rotatable bonds is 4. The summed E-state index contributed by atoms with van der Waals surface area (Å²) in [4.78, 5) is 2.58. The predicted molar refractivity (Wildman–Crippen MR) is 57.2 cm³/mol. The van der Waals surface area contributed by atoms with Gasteiger partial charge >= 0.3 is 0 Å². The van der Waals surface area contributed by atoms with Gasteiger partial charge in [0.05, 0.1) is 6.10 Å². The summed E-state index contributed by atoms with van der Waals surface area (Å²) in [5.41, 5.74) is 5.84. The van der Waals surface area contributed by atoms with E-state index in [1.165, 1.54) is 38.8 Å². The van der Waals surface area contributed by atoms with Crippen molar-refractivity contribution >= 4 is 0 Å². The molecule has 2 aliphatic rings. The first-order chi connectivity index (χ1) is 6.85. The summed E-state index contributed by atoms with van der Waals surface area (Å²) in [5.74, 6) is 0.902. The van der Waals surface area contributed by atoms with E-state index in [0.29, 0.717) is 12.1 Å². The summed E-state index contributed by atoms with van der Waals surface area (Å²) in [6.45, 7) is 3.19. The lowest BCUT2D eigenvalue weighted by atomic mass is 10.0. The summed E-state index contributed by atoms with van der Waals surface area (Å²) in [5, 5.41) is 0. The minimum atomic E-state index is 0.490. The predicted octanol–water partition coefficient (Wildman–Crippen LogP) is 0.834. The van der Waals surface area contributed by atoms with Crippen LogP contribution in [-0.2, 0) is 4.74 Å².